The van der Waals surface area contributed by atoms with Gasteiger partial charge < -0.3 is 25.0 Å². The third-order valence-electron chi connectivity index (χ3n) is 12.5. The first kappa shape index (κ1) is 54.0. The van der Waals surface area contributed by atoms with Gasteiger partial charge >= 0.3 is 17.8 Å². The van der Waals surface area contributed by atoms with E-state index in [1.54, 1.807) is 74.2 Å². The molecule has 0 radical (unpaired) electrons. The minimum absolute atomic E-state index is 0.125. The van der Waals surface area contributed by atoms with Crippen molar-refractivity contribution in [3.63, 3.8) is 0 Å². The quantitative estimate of drug-likeness (QED) is 0.0676. The molecule has 5 aromatic rings. The molecule has 2 aliphatic rings. The number of sulfonamides is 1. The van der Waals surface area contributed by atoms with Gasteiger partial charge in [-0.25, -0.2) is 26.4 Å². The number of likely N-dealkylation sites (tertiary alicyclic amines) is 1. The maximum Gasteiger partial charge on any atom is 0.501 e. The molecule has 72 heavy (non-hydrogen) atoms. The Bertz CT molecular complexity index is 2930. The Hall–Kier alpha value is -5.77. The van der Waals surface area contributed by atoms with Gasteiger partial charge in [-0.1, -0.05) is 54.6 Å². The number of nitrogens with zero attached hydrogens (tertiary/aromatic N) is 2. The van der Waals surface area contributed by atoms with Crippen LogP contribution < -0.4 is 14.9 Å². The average Bonchev–Trinajstić information content (AvgIpc) is 3.80. The third kappa shape index (κ3) is 13.1. The number of benzene rings is 5. The van der Waals surface area contributed by atoms with Crippen molar-refractivity contribution in [3.8, 4) is 11.1 Å². The highest BCUT2D eigenvalue weighted by molar-refractivity contribution is 7.99. The number of hydrogen-bond donors (Lipinski definition) is 3. The number of piperidine rings is 1. The van der Waals surface area contributed by atoms with E-state index in [4.69, 9.17) is 4.74 Å². The summed E-state index contributed by atoms with van der Waals surface area (Å²) < 4.78 is 144. The van der Waals surface area contributed by atoms with Gasteiger partial charge in [-0.3, -0.25) is 4.79 Å². The number of carbonyl (C=O) groups is 2. The summed E-state index contributed by atoms with van der Waals surface area (Å²) in [5.41, 5.74) is -5.69. The zero-order chi connectivity index (χ0) is 52.2. The molecule has 2 heterocycles. The van der Waals surface area contributed by atoms with Crippen LogP contribution in [0.25, 0.3) is 11.1 Å². The number of hydrogen-bond acceptors (Lipinski definition) is 11. The summed E-state index contributed by atoms with van der Waals surface area (Å²) in [6.07, 6.45) is -3.56. The number of halogens is 6. The number of rotatable bonds is 15. The van der Waals surface area contributed by atoms with Crippen LogP contribution >= 0.6 is 11.8 Å². The molecule has 2 saturated heterocycles. The van der Waals surface area contributed by atoms with Crippen LogP contribution in [0.3, 0.4) is 0 Å². The van der Waals surface area contributed by atoms with Crippen molar-refractivity contribution in [3.05, 3.63) is 138 Å². The Morgan fingerprint density at radius 1 is 0.792 bits per heavy atom. The molecule has 0 aliphatic carbocycles. The molecule has 0 unspecified atom stereocenters. The van der Waals surface area contributed by atoms with Crippen molar-refractivity contribution in [1.82, 2.24) is 9.62 Å². The van der Waals surface area contributed by atoms with Crippen LogP contribution in [0.1, 0.15) is 80.5 Å². The van der Waals surface area contributed by atoms with Crippen molar-refractivity contribution < 1.29 is 62.6 Å². The fourth-order valence-corrected chi connectivity index (χ4v) is 11.8. The number of anilines is 2. The lowest BCUT2D eigenvalue weighted by atomic mass is 9.84. The van der Waals surface area contributed by atoms with Crippen LogP contribution in [0.4, 0.5) is 42.5 Å². The number of sulfone groups is 1. The van der Waals surface area contributed by atoms with Crippen LogP contribution in [0.2, 0.25) is 0 Å². The Morgan fingerprint density at radius 3 is 2.06 bits per heavy atom. The molecule has 0 bridgehead atoms. The molecule has 0 spiro atoms. The van der Waals surface area contributed by atoms with Crippen LogP contribution in [0.15, 0.2) is 136 Å². The summed E-state index contributed by atoms with van der Waals surface area (Å²) in [5, 5.41) is 14.4. The standard InChI is InChI=1S/C51H54F6N4O8S3/c1-49(2,3)69-48(64)61-27-9-10-39(61)30-37(32-70-40-11-5-4-6-12-40)58-44-24-23-41(31-45(44)71(65,66)51(55,56)57)72(67,68)59-47(63)35-17-21-38(22-18-35)60-28-25-34(26-29-60)46(62)43-14-8-7-13-42(43)33-15-19-36(20-16-33)50(52,53)54/h4-8,11-24,31,34,37,39,46,58,62H,9-10,25-30,32H2,1-3H3,(H,59,63)/t37-,39+,46-/m1/s1. The Kier molecular flexibility index (Phi) is 16.3. The molecule has 3 N–H and O–H groups in total. The summed E-state index contributed by atoms with van der Waals surface area (Å²) in [6, 6.07) is 27.7. The first-order valence-electron chi connectivity index (χ1n) is 23.1. The van der Waals surface area contributed by atoms with Crippen LogP contribution in [-0.4, -0.2) is 87.4 Å². The van der Waals surface area contributed by atoms with E-state index in [9.17, 15) is 57.9 Å². The van der Waals surface area contributed by atoms with Crippen LogP contribution in [0.5, 0.6) is 0 Å². The first-order chi connectivity index (χ1) is 33.8. The van der Waals surface area contributed by atoms with Crippen LogP contribution in [-0.2, 0) is 30.8 Å². The number of aliphatic hydroxyl groups excluding tert-OH is 1. The minimum Gasteiger partial charge on any atom is -0.444 e. The number of amides is 2. The molecule has 3 atom stereocenters. The van der Waals surface area contributed by atoms with Gasteiger partial charge in [0.2, 0.25) is 0 Å². The predicted molar refractivity (Wildman–Crippen MR) is 263 cm³/mol. The lowest BCUT2D eigenvalue weighted by Gasteiger charge is -2.36. The van der Waals surface area contributed by atoms with E-state index in [1.807, 2.05) is 27.8 Å². The fourth-order valence-electron chi connectivity index (χ4n) is 8.86. The second-order valence-corrected chi connectivity index (χ2v) is 23.4. The van der Waals surface area contributed by atoms with E-state index < -0.39 is 88.4 Å². The number of nitrogens with one attached hydrogen (secondary N) is 2. The second kappa shape index (κ2) is 21.8. The normalized spacial score (nSPS) is 17.1. The summed E-state index contributed by atoms with van der Waals surface area (Å²) in [6.45, 7) is 6.50. The van der Waals surface area contributed by atoms with Gasteiger partial charge in [-0.05, 0) is 142 Å². The van der Waals surface area contributed by atoms with Gasteiger partial charge in [0.15, 0.2) is 0 Å². The molecule has 2 fully saturated rings. The Labute approximate surface area is 419 Å². The topological polar surface area (TPSA) is 162 Å². The lowest BCUT2D eigenvalue weighted by molar-refractivity contribution is -0.137. The number of carbonyl (C=O) groups excluding carboxylic acids is 2. The number of aliphatic hydroxyl groups is 1. The smallest absolute Gasteiger partial charge is 0.444 e. The number of alkyl halides is 6. The first-order valence-corrected chi connectivity index (χ1v) is 27.0. The second-order valence-electron chi connectivity index (χ2n) is 18.7. The highest BCUT2D eigenvalue weighted by Crippen LogP contribution is 2.40. The van der Waals surface area contributed by atoms with Crippen molar-refractivity contribution >= 4 is 55.0 Å². The Morgan fingerprint density at radius 2 is 1.43 bits per heavy atom. The number of ether oxygens (including phenoxy) is 1. The summed E-state index contributed by atoms with van der Waals surface area (Å²) in [7, 11) is -11.2. The average molecular weight is 1060 g/mol. The van der Waals surface area contributed by atoms with Crippen molar-refractivity contribution in [2.45, 2.75) is 103 Å². The highest BCUT2D eigenvalue weighted by Gasteiger charge is 2.49. The van der Waals surface area contributed by atoms with Crippen molar-refractivity contribution in [1.29, 1.82) is 0 Å². The molecule has 21 heteroatoms. The largest absolute Gasteiger partial charge is 0.501 e. The van der Waals surface area contributed by atoms with Crippen molar-refractivity contribution in [2.75, 3.05) is 35.6 Å². The fraction of sp³-hybridized carbons (Fsp3) is 0.373. The Balaban J connectivity index is 1.04. The van der Waals surface area contributed by atoms with E-state index in [1.165, 1.54) is 36.0 Å². The van der Waals surface area contributed by atoms with E-state index in [0.29, 0.717) is 73.8 Å². The zero-order valence-corrected chi connectivity index (χ0v) is 41.9. The molecule has 5 aromatic carbocycles. The molecule has 2 amide bonds. The molecular weight excluding hydrogens is 1010 g/mol. The molecule has 386 valence electrons. The van der Waals surface area contributed by atoms with Crippen molar-refractivity contribution in [2.24, 2.45) is 5.92 Å². The van der Waals surface area contributed by atoms with E-state index >= 15 is 0 Å². The SMILES string of the molecule is CC(C)(C)OC(=O)N1CCC[C@H]1C[C@H](CSc1ccccc1)Nc1ccc(S(=O)(=O)NC(=O)c2ccc(N3CCC([C@@H](O)c4ccccc4-c4ccc(C(F)(F)F)cc4)CC3)cc2)cc1S(=O)(=O)C(F)(F)F. The van der Waals surface area contributed by atoms with Gasteiger partial charge in [0, 0.05) is 53.6 Å². The lowest BCUT2D eigenvalue weighted by Crippen LogP contribution is -2.42. The van der Waals surface area contributed by atoms with Gasteiger partial charge in [0.1, 0.15) is 10.5 Å². The van der Waals surface area contributed by atoms with E-state index in [0.717, 1.165) is 29.2 Å². The van der Waals surface area contributed by atoms with E-state index in [2.05, 4.69) is 5.32 Å². The molecule has 0 aromatic heterocycles. The monoisotopic (exact) mass is 1060 g/mol. The van der Waals surface area contributed by atoms with E-state index in [-0.39, 0.29) is 23.7 Å². The predicted octanol–water partition coefficient (Wildman–Crippen LogP) is 11.1. The molecule has 12 nitrogen and oxygen atoms in total. The van der Waals surface area contributed by atoms with Crippen LogP contribution in [0, 0.1) is 5.92 Å². The maximum absolute atomic E-state index is 14.3. The van der Waals surface area contributed by atoms with Gasteiger partial charge in [0.25, 0.3) is 25.8 Å². The van der Waals surface area contributed by atoms with Gasteiger partial charge in [0.05, 0.1) is 22.3 Å². The highest BCUT2D eigenvalue weighted by atomic mass is 32.2. The minimum atomic E-state index is -6.19. The summed E-state index contributed by atoms with van der Waals surface area (Å²) in [5.74, 6) is -1.13. The molecule has 2 aliphatic heterocycles. The number of thioether (sulfide) groups is 1. The third-order valence-corrected chi connectivity index (χ3v) is 16.5. The summed E-state index contributed by atoms with van der Waals surface area (Å²) >= 11 is 1.34. The molecule has 7 rings (SSSR count). The molecule has 0 saturated carbocycles. The summed E-state index contributed by atoms with van der Waals surface area (Å²) in [4.78, 5) is 28.6. The van der Waals surface area contributed by atoms with Gasteiger partial charge in [-0.2, -0.15) is 26.3 Å². The maximum atomic E-state index is 14.3. The molecular formula is C51H54F6N4O8S3. The van der Waals surface area contributed by atoms with Gasteiger partial charge in [-0.15, -0.1) is 11.8 Å². The zero-order valence-electron chi connectivity index (χ0n) is 39.4.